The lowest BCUT2D eigenvalue weighted by atomic mass is 9.89. The lowest BCUT2D eigenvalue weighted by Gasteiger charge is -2.37. The molecule has 0 radical (unpaired) electrons. The van der Waals surface area contributed by atoms with E-state index in [1.165, 1.54) is 11.3 Å². The highest BCUT2D eigenvalue weighted by molar-refractivity contribution is 7.13. The second-order valence-corrected chi connectivity index (χ2v) is 6.39. The van der Waals surface area contributed by atoms with Gasteiger partial charge < -0.3 is 15.4 Å². The summed E-state index contributed by atoms with van der Waals surface area (Å²) in [4.78, 5) is 25.2. The van der Waals surface area contributed by atoms with Crippen LogP contribution in [0.2, 0.25) is 0 Å². The molecule has 2 aromatic rings. The number of rotatable bonds is 5. The van der Waals surface area contributed by atoms with Gasteiger partial charge >= 0.3 is 0 Å². The van der Waals surface area contributed by atoms with E-state index in [0.717, 1.165) is 25.9 Å². The van der Waals surface area contributed by atoms with E-state index in [2.05, 4.69) is 25.6 Å². The standard InChI is InChI=1S/C15H19N5O2S/c1-22-10-15(3-7-16-8-4-15)20-13(21)11-9-23-14(19-11)12-17-5-2-6-18-12/h2,5-6,9,16H,3-4,7-8,10H2,1H3,(H,20,21). The highest BCUT2D eigenvalue weighted by Gasteiger charge is 2.34. The molecule has 0 aromatic carbocycles. The topological polar surface area (TPSA) is 89.0 Å². The first-order valence-corrected chi connectivity index (χ1v) is 8.35. The van der Waals surface area contributed by atoms with Crippen LogP contribution in [0.15, 0.2) is 23.8 Å². The first-order valence-electron chi connectivity index (χ1n) is 7.47. The second kappa shape index (κ2) is 7.12. The van der Waals surface area contributed by atoms with Gasteiger partial charge in [-0.1, -0.05) is 0 Å². The van der Waals surface area contributed by atoms with E-state index in [1.807, 2.05) is 0 Å². The SMILES string of the molecule is COCC1(NC(=O)c2csc(-c3ncccn3)n2)CCNCC1. The zero-order valence-electron chi connectivity index (χ0n) is 12.9. The summed E-state index contributed by atoms with van der Waals surface area (Å²) in [7, 11) is 1.66. The van der Waals surface area contributed by atoms with Crippen molar-refractivity contribution in [3.05, 3.63) is 29.5 Å². The highest BCUT2D eigenvalue weighted by Crippen LogP contribution is 2.22. The molecule has 0 aliphatic carbocycles. The molecule has 3 heterocycles. The zero-order valence-corrected chi connectivity index (χ0v) is 13.7. The Morgan fingerprint density at radius 2 is 2.13 bits per heavy atom. The summed E-state index contributed by atoms with van der Waals surface area (Å²) in [5.74, 6) is 0.354. The van der Waals surface area contributed by atoms with Crippen molar-refractivity contribution < 1.29 is 9.53 Å². The third-order valence-electron chi connectivity index (χ3n) is 3.85. The number of hydrogen-bond acceptors (Lipinski definition) is 7. The summed E-state index contributed by atoms with van der Waals surface area (Å²) in [6, 6.07) is 1.75. The number of carbonyl (C=O) groups is 1. The molecule has 2 N–H and O–H groups in total. The molecule has 23 heavy (non-hydrogen) atoms. The maximum Gasteiger partial charge on any atom is 0.271 e. The van der Waals surface area contributed by atoms with E-state index in [-0.39, 0.29) is 11.4 Å². The van der Waals surface area contributed by atoms with E-state index in [9.17, 15) is 4.79 Å². The van der Waals surface area contributed by atoms with Crippen molar-refractivity contribution in [1.29, 1.82) is 0 Å². The number of hydrogen-bond donors (Lipinski definition) is 2. The van der Waals surface area contributed by atoms with Crippen molar-refractivity contribution >= 4 is 17.2 Å². The van der Waals surface area contributed by atoms with Gasteiger partial charge in [-0.25, -0.2) is 15.0 Å². The largest absolute Gasteiger partial charge is 0.382 e. The molecular weight excluding hydrogens is 314 g/mol. The molecule has 1 amide bonds. The highest BCUT2D eigenvalue weighted by atomic mass is 32.1. The fraction of sp³-hybridized carbons (Fsp3) is 0.467. The Kier molecular flexibility index (Phi) is 4.94. The lowest BCUT2D eigenvalue weighted by Crippen LogP contribution is -2.57. The lowest BCUT2D eigenvalue weighted by molar-refractivity contribution is 0.0659. The fourth-order valence-electron chi connectivity index (χ4n) is 2.68. The van der Waals surface area contributed by atoms with Gasteiger partial charge in [0, 0.05) is 24.9 Å². The van der Waals surface area contributed by atoms with Crippen LogP contribution in [-0.4, -0.2) is 53.2 Å². The third kappa shape index (κ3) is 3.72. The molecular formula is C15H19N5O2S. The number of methoxy groups -OCH3 is 1. The van der Waals surface area contributed by atoms with Crippen LogP contribution in [0, 0.1) is 0 Å². The predicted molar refractivity (Wildman–Crippen MR) is 87.3 cm³/mol. The Bertz CT molecular complexity index is 649. The molecule has 0 saturated carbocycles. The number of nitrogens with zero attached hydrogens (tertiary/aromatic N) is 3. The third-order valence-corrected chi connectivity index (χ3v) is 4.69. The molecule has 0 unspecified atom stereocenters. The van der Waals surface area contributed by atoms with Crippen LogP contribution in [0.25, 0.3) is 10.8 Å². The Balaban J connectivity index is 1.74. The summed E-state index contributed by atoms with van der Waals surface area (Å²) >= 11 is 1.36. The summed E-state index contributed by atoms with van der Waals surface area (Å²) < 4.78 is 5.32. The van der Waals surface area contributed by atoms with Crippen LogP contribution in [-0.2, 0) is 4.74 Å². The fourth-order valence-corrected chi connectivity index (χ4v) is 3.43. The van der Waals surface area contributed by atoms with Crippen LogP contribution >= 0.6 is 11.3 Å². The number of piperidine rings is 1. The van der Waals surface area contributed by atoms with Gasteiger partial charge in [0.25, 0.3) is 5.91 Å². The minimum Gasteiger partial charge on any atom is -0.382 e. The number of carbonyl (C=O) groups excluding carboxylic acids is 1. The monoisotopic (exact) mass is 333 g/mol. The molecule has 8 heteroatoms. The summed E-state index contributed by atoms with van der Waals surface area (Å²) in [6.45, 7) is 2.23. The molecule has 1 aliphatic heterocycles. The Labute approximate surface area is 138 Å². The van der Waals surface area contributed by atoms with Gasteiger partial charge in [-0.3, -0.25) is 4.79 Å². The Morgan fingerprint density at radius 1 is 1.39 bits per heavy atom. The molecule has 0 spiro atoms. The van der Waals surface area contributed by atoms with Crippen molar-refractivity contribution in [3.8, 4) is 10.8 Å². The van der Waals surface area contributed by atoms with E-state index in [1.54, 1.807) is 30.9 Å². The smallest absolute Gasteiger partial charge is 0.271 e. The van der Waals surface area contributed by atoms with Crippen molar-refractivity contribution in [3.63, 3.8) is 0 Å². The van der Waals surface area contributed by atoms with Gasteiger partial charge in [0.15, 0.2) is 10.8 Å². The maximum absolute atomic E-state index is 12.6. The Hall–Kier alpha value is -1.90. The average Bonchev–Trinajstić information content (AvgIpc) is 3.07. The number of nitrogens with one attached hydrogen (secondary N) is 2. The van der Waals surface area contributed by atoms with E-state index >= 15 is 0 Å². The molecule has 7 nitrogen and oxygen atoms in total. The van der Waals surface area contributed by atoms with E-state index in [0.29, 0.717) is 23.1 Å². The van der Waals surface area contributed by atoms with Crippen molar-refractivity contribution in [2.24, 2.45) is 0 Å². The Morgan fingerprint density at radius 3 is 2.83 bits per heavy atom. The quantitative estimate of drug-likeness (QED) is 0.852. The number of ether oxygens (including phenoxy) is 1. The minimum atomic E-state index is -0.329. The molecule has 0 atom stereocenters. The number of thiazole rings is 1. The normalized spacial score (nSPS) is 16.9. The molecule has 1 fully saturated rings. The summed E-state index contributed by atoms with van der Waals surface area (Å²) in [5.41, 5.74) is 0.0656. The molecule has 3 rings (SSSR count). The average molecular weight is 333 g/mol. The van der Waals surface area contributed by atoms with E-state index in [4.69, 9.17) is 4.74 Å². The van der Waals surface area contributed by atoms with Crippen molar-refractivity contribution in [1.82, 2.24) is 25.6 Å². The van der Waals surface area contributed by atoms with Crippen LogP contribution in [0.1, 0.15) is 23.3 Å². The van der Waals surface area contributed by atoms with Crippen LogP contribution in [0.5, 0.6) is 0 Å². The van der Waals surface area contributed by atoms with Crippen LogP contribution in [0.3, 0.4) is 0 Å². The van der Waals surface area contributed by atoms with Gasteiger partial charge in [0.05, 0.1) is 12.1 Å². The molecule has 0 bridgehead atoms. The number of amides is 1. The number of aromatic nitrogens is 3. The first-order chi connectivity index (χ1) is 11.2. The second-order valence-electron chi connectivity index (χ2n) is 5.53. The van der Waals surface area contributed by atoms with Crippen LogP contribution in [0.4, 0.5) is 0 Å². The minimum absolute atomic E-state index is 0.178. The predicted octanol–water partition coefficient (Wildman–Crippen LogP) is 1.10. The summed E-state index contributed by atoms with van der Waals surface area (Å²) in [6.07, 6.45) is 4.99. The zero-order chi connectivity index (χ0) is 16.1. The molecule has 1 aliphatic rings. The van der Waals surface area contributed by atoms with E-state index < -0.39 is 0 Å². The van der Waals surface area contributed by atoms with Gasteiger partial charge in [-0.2, -0.15) is 0 Å². The maximum atomic E-state index is 12.6. The van der Waals surface area contributed by atoms with Gasteiger partial charge in [-0.15, -0.1) is 11.3 Å². The van der Waals surface area contributed by atoms with Gasteiger partial charge in [-0.05, 0) is 32.0 Å². The van der Waals surface area contributed by atoms with Crippen molar-refractivity contribution in [2.45, 2.75) is 18.4 Å². The van der Waals surface area contributed by atoms with Crippen LogP contribution < -0.4 is 10.6 Å². The first kappa shape index (κ1) is 16.0. The van der Waals surface area contributed by atoms with Gasteiger partial charge in [0.2, 0.25) is 0 Å². The molecule has 2 aromatic heterocycles. The van der Waals surface area contributed by atoms with Gasteiger partial charge in [0.1, 0.15) is 5.69 Å². The molecule has 122 valence electrons. The molecule has 1 saturated heterocycles. The van der Waals surface area contributed by atoms with Crippen molar-refractivity contribution in [2.75, 3.05) is 26.8 Å². The summed E-state index contributed by atoms with van der Waals surface area (Å²) in [5, 5.41) is 8.79.